The summed E-state index contributed by atoms with van der Waals surface area (Å²) in [6.45, 7) is 0. The van der Waals surface area contributed by atoms with Crippen LogP contribution in [0.2, 0.25) is 0 Å². The summed E-state index contributed by atoms with van der Waals surface area (Å²) in [5.74, 6) is 0. The molecule has 0 radical (unpaired) electrons. The first kappa shape index (κ1) is 54.1. The van der Waals surface area contributed by atoms with Gasteiger partial charge in [0.25, 0.3) is 0 Å². The third-order valence-corrected chi connectivity index (χ3v) is 11.1. The fraction of sp³-hybridized carbons (Fsp3) is 0. The molecular weight excluding hydrogens is 909 g/mol. The Hall–Kier alpha value is -2.05. The summed E-state index contributed by atoms with van der Waals surface area (Å²) in [4.78, 5) is 9.03. The van der Waals surface area contributed by atoms with Crippen molar-refractivity contribution in [2.75, 3.05) is 10.6 Å². The van der Waals surface area contributed by atoms with Gasteiger partial charge in [-0.25, -0.2) is 38.5 Å². The summed E-state index contributed by atoms with van der Waals surface area (Å²) in [6.07, 6.45) is 0. The third-order valence-electron chi connectivity index (χ3n) is 7.68. The Morgan fingerprint density at radius 2 is 0.700 bits per heavy atom. The van der Waals surface area contributed by atoms with Gasteiger partial charge in [-0.1, -0.05) is 12.1 Å². The molecule has 27 heteroatoms. The largest absolute Gasteiger partial charge is 1.00 e. The van der Waals surface area contributed by atoms with Gasteiger partial charge in [-0.05, 0) is 108 Å². The number of anilines is 2. The van der Waals surface area contributed by atoms with E-state index >= 15 is 0 Å². The summed E-state index contributed by atoms with van der Waals surface area (Å²) >= 11 is 0. The zero-order valence-corrected chi connectivity index (χ0v) is 42.9. The van der Waals surface area contributed by atoms with Gasteiger partial charge in [-0.3, -0.25) is 0 Å². The minimum atomic E-state index is -5.17. The van der Waals surface area contributed by atoms with Crippen LogP contribution in [0.4, 0.5) is 38.9 Å². The van der Waals surface area contributed by atoms with Crippen molar-refractivity contribution < 1.29 is 175 Å². The molecule has 19 nitrogen and oxygen atoms in total. The van der Waals surface area contributed by atoms with Crippen LogP contribution in [0, 0.1) is 0 Å². The van der Waals surface area contributed by atoms with Crippen molar-refractivity contribution in [2.24, 2.45) is 20.5 Å². The second-order valence-electron chi connectivity index (χ2n) is 11.5. The summed E-state index contributed by atoms with van der Waals surface area (Å²) in [7, 11) is -20.5. The Bertz CT molecular complexity index is 2900. The van der Waals surface area contributed by atoms with E-state index in [0.29, 0.717) is 34.9 Å². The molecule has 0 aromatic heterocycles. The van der Waals surface area contributed by atoms with Crippen LogP contribution in [0.25, 0.3) is 21.5 Å². The summed E-state index contributed by atoms with van der Waals surface area (Å²) in [5.41, 5.74) is 1.56. The van der Waals surface area contributed by atoms with Crippen LogP contribution in [0.5, 0.6) is 0 Å². The Balaban J connectivity index is 0.00000310. The molecule has 288 valence electrons. The standard InChI is InChI=1S/C33H24N6O13S4.4Na/c40-33(34-21-5-9-23(10-6-21)36-38-25-3-1-19-13-27(53(41,42)43)17-31(29(19)15-25)55(47,48)49)35-22-7-11-24(12-8-22)37-39-26-4-2-20-14-28(54(44,45)46)18-32(30(20)16-26)56(50,51)52;;;;/h1-18H,(H2,34,35,40)(H,41,42,43)(H,44,45,46)(H,47,48,49)(H,50,51,52);;;;/q;4*+1/p-4. The van der Waals surface area contributed by atoms with Gasteiger partial charge in [0.2, 0.25) is 0 Å². The number of rotatable bonds is 10. The van der Waals surface area contributed by atoms with E-state index in [4.69, 9.17) is 0 Å². The Morgan fingerprint density at radius 1 is 0.400 bits per heavy atom. The third kappa shape index (κ3) is 14.0. The number of hydrogen-bond donors (Lipinski definition) is 2. The first-order valence-corrected chi connectivity index (χ1v) is 20.9. The molecule has 2 amide bonds. The first-order chi connectivity index (χ1) is 26.1. The molecule has 2 N–H and O–H groups in total. The molecule has 6 aromatic rings. The number of carbonyl (C=O) groups excluding carboxylic acids is 1. The zero-order chi connectivity index (χ0) is 40.6. The molecule has 0 heterocycles. The van der Waals surface area contributed by atoms with Gasteiger partial charge in [0, 0.05) is 22.1 Å². The van der Waals surface area contributed by atoms with Crippen LogP contribution in [0.15, 0.2) is 149 Å². The average Bonchev–Trinajstić information content (AvgIpc) is 3.11. The predicted molar refractivity (Wildman–Crippen MR) is 194 cm³/mol. The maximum absolute atomic E-state index is 12.6. The number of urea groups is 1. The predicted octanol–water partition coefficient (Wildman–Crippen LogP) is -5.90. The van der Waals surface area contributed by atoms with Crippen molar-refractivity contribution in [3.63, 3.8) is 0 Å². The normalized spacial score (nSPS) is 11.9. The molecule has 0 aliphatic rings. The number of amides is 2. The van der Waals surface area contributed by atoms with Gasteiger partial charge >= 0.3 is 124 Å². The van der Waals surface area contributed by atoms with Gasteiger partial charge in [-0.2, -0.15) is 20.5 Å². The van der Waals surface area contributed by atoms with Crippen LogP contribution in [0.3, 0.4) is 0 Å². The van der Waals surface area contributed by atoms with Gasteiger partial charge in [0.05, 0.1) is 42.3 Å². The monoisotopic (exact) mass is 928 g/mol. The Labute approximate surface area is 431 Å². The van der Waals surface area contributed by atoms with E-state index in [-0.39, 0.29) is 151 Å². The maximum atomic E-state index is 12.6. The average molecular weight is 929 g/mol. The molecule has 0 saturated heterocycles. The Kier molecular flexibility index (Phi) is 19.4. The van der Waals surface area contributed by atoms with Gasteiger partial charge < -0.3 is 28.8 Å². The minimum absolute atomic E-state index is 0. The SMILES string of the molecule is O=C(Nc1ccc(N=Nc2ccc3cc(S(=O)(=O)[O-])cc(S(=O)(=O)[O-])c3c2)cc1)Nc1ccc(N=Nc2ccc3cc(S(=O)(=O)[O-])cc(S(=O)(=O)[O-])c3c2)cc1.[Na+].[Na+].[Na+].[Na+]. The number of benzene rings is 6. The molecule has 0 bridgehead atoms. The van der Waals surface area contributed by atoms with Gasteiger partial charge in [-0.15, -0.1) is 0 Å². The van der Waals surface area contributed by atoms with Crippen LogP contribution in [-0.2, 0) is 40.5 Å². The molecule has 60 heavy (non-hydrogen) atoms. The number of nitrogens with zero attached hydrogens (tertiary/aromatic N) is 4. The van der Waals surface area contributed by atoms with Crippen molar-refractivity contribution in [3.8, 4) is 0 Å². The molecule has 6 rings (SSSR count). The van der Waals surface area contributed by atoms with Crippen LogP contribution >= 0.6 is 0 Å². The number of nitrogens with one attached hydrogen (secondary N) is 2. The van der Waals surface area contributed by atoms with Crippen molar-refractivity contribution in [1.82, 2.24) is 0 Å². The smallest absolute Gasteiger partial charge is 0.744 e. The van der Waals surface area contributed by atoms with E-state index in [1.807, 2.05) is 0 Å². The second-order valence-corrected chi connectivity index (χ2v) is 17.0. The van der Waals surface area contributed by atoms with Crippen LogP contribution in [-0.4, -0.2) is 57.9 Å². The number of hydrogen-bond acceptors (Lipinski definition) is 17. The summed E-state index contributed by atoms with van der Waals surface area (Å²) < 4.78 is 140. The van der Waals surface area contributed by atoms with Crippen molar-refractivity contribution >= 4 is 102 Å². The van der Waals surface area contributed by atoms with Crippen molar-refractivity contribution in [1.29, 1.82) is 0 Å². The van der Waals surface area contributed by atoms with Crippen LogP contribution in [0.1, 0.15) is 0 Å². The molecule has 0 spiro atoms. The molecule has 0 fully saturated rings. The fourth-order valence-electron chi connectivity index (χ4n) is 5.14. The number of carbonyl (C=O) groups is 1. The van der Waals surface area contributed by atoms with Gasteiger partial charge in [0.1, 0.15) is 40.5 Å². The fourth-order valence-corrected chi connectivity index (χ4v) is 7.80. The Morgan fingerprint density at radius 3 is 1.00 bits per heavy atom. The second kappa shape index (κ2) is 21.6. The van der Waals surface area contributed by atoms with Gasteiger partial charge in [0.15, 0.2) is 0 Å². The summed E-state index contributed by atoms with van der Waals surface area (Å²) in [5, 5.41) is 21.0. The molecule has 0 unspecified atom stereocenters. The van der Waals surface area contributed by atoms with E-state index in [9.17, 15) is 56.7 Å². The van der Waals surface area contributed by atoms with E-state index in [0.717, 1.165) is 12.1 Å². The summed E-state index contributed by atoms with van der Waals surface area (Å²) in [6, 6.07) is 22.0. The number of azo groups is 2. The molecular formula is C33H20N6Na4O13S4. The molecule has 0 aliphatic carbocycles. The quantitative estimate of drug-likeness (QED) is 0.0736. The van der Waals surface area contributed by atoms with E-state index in [1.54, 1.807) is 0 Å². The maximum Gasteiger partial charge on any atom is 1.00 e. The molecule has 6 aromatic carbocycles. The molecule has 0 saturated carbocycles. The molecule has 0 aliphatic heterocycles. The van der Waals surface area contributed by atoms with Crippen LogP contribution < -0.4 is 129 Å². The van der Waals surface area contributed by atoms with E-state index < -0.39 is 66.1 Å². The topological polar surface area (TPSA) is 319 Å². The van der Waals surface area contributed by atoms with E-state index in [2.05, 4.69) is 31.1 Å². The number of fused-ring (bicyclic) bond motifs is 2. The minimum Gasteiger partial charge on any atom is -0.744 e. The zero-order valence-electron chi connectivity index (χ0n) is 31.6. The molecule has 0 atom stereocenters. The van der Waals surface area contributed by atoms with E-state index in [1.165, 1.54) is 84.9 Å². The van der Waals surface area contributed by atoms with Crippen molar-refractivity contribution in [2.45, 2.75) is 19.6 Å². The van der Waals surface area contributed by atoms with Crippen molar-refractivity contribution in [3.05, 3.63) is 109 Å². The first-order valence-electron chi connectivity index (χ1n) is 15.2.